The van der Waals surface area contributed by atoms with Crippen LogP contribution in [0.25, 0.3) is 0 Å². The Hall–Kier alpha value is -2.76. The topological polar surface area (TPSA) is 53.5 Å². The van der Waals surface area contributed by atoms with Crippen LogP contribution in [0.2, 0.25) is 0 Å². The van der Waals surface area contributed by atoms with Gasteiger partial charge in [-0.1, -0.05) is 12.1 Å². The summed E-state index contributed by atoms with van der Waals surface area (Å²) in [6, 6.07) is 11.7. The lowest BCUT2D eigenvalue weighted by atomic mass is 9.71. The van der Waals surface area contributed by atoms with Crippen molar-refractivity contribution in [1.29, 1.82) is 0 Å². The molecule has 2 aliphatic rings. The average molecular weight is 395 g/mol. The molecule has 1 aromatic carbocycles. The van der Waals surface area contributed by atoms with Gasteiger partial charge < -0.3 is 9.80 Å². The lowest BCUT2D eigenvalue weighted by Crippen LogP contribution is -2.54. The van der Waals surface area contributed by atoms with E-state index in [2.05, 4.69) is 4.98 Å². The van der Waals surface area contributed by atoms with Crippen LogP contribution >= 0.6 is 0 Å². The number of pyridine rings is 1. The van der Waals surface area contributed by atoms with Crippen LogP contribution in [0.1, 0.15) is 47.4 Å². The molecule has 1 aromatic heterocycles. The van der Waals surface area contributed by atoms with Crippen molar-refractivity contribution in [3.8, 4) is 0 Å². The summed E-state index contributed by atoms with van der Waals surface area (Å²) in [5.74, 6) is -0.388. The van der Waals surface area contributed by atoms with Gasteiger partial charge in [-0.25, -0.2) is 4.39 Å². The van der Waals surface area contributed by atoms with Crippen molar-refractivity contribution in [2.24, 2.45) is 5.41 Å². The molecule has 5 nitrogen and oxygen atoms in total. The van der Waals surface area contributed by atoms with E-state index in [0.717, 1.165) is 30.8 Å². The lowest BCUT2D eigenvalue weighted by Gasteiger charge is -2.46. The third-order valence-electron chi connectivity index (χ3n) is 6.20. The molecule has 0 N–H and O–H groups in total. The number of hydrogen-bond donors (Lipinski definition) is 0. The molecule has 2 aromatic rings. The van der Waals surface area contributed by atoms with Gasteiger partial charge in [-0.15, -0.1) is 0 Å². The number of likely N-dealkylation sites (tertiary alicyclic amines) is 2. The molecule has 29 heavy (non-hydrogen) atoms. The molecular weight excluding hydrogens is 369 g/mol. The van der Waals surface area contributed by atoms with Gasteiger partial charge in [0.05, 0.1) is 17.7 Å². The van der Waals surface area contributed by atoms with Gasteiger partial charge in [0.2, 0.25) is 5.91 Å². The predicted molar refractivity (Wildman–Crippen MR) is 108 cm³/mol. The first-order valence-corrected chi connectivity index (χ1v) is 10.2. The van der Waals surface area contributed by atoms with Crippen molar-refractivity contribution in [3.63, 3.8) is 0 Å². The van der Waals surface area contributed by atoms with E-state index >= 15 is 0 Å². The van der Waals surface area contributed by atoms with Gasteiger partial charge in [0.1, 0.15) is 5.82 Å². The number of nitrogens with zero attached hydrogens (tertiary/aromatic N) is 3. The minimum Gasteiger partial charge on any atom is -0.339 e. The zero-order valence-electron chi connectivity index (χ0n) is 16.7. The van der Waals surface area contributed by atoms with Crippen molar-refractivity contribution < 1.29 is 14.0 Å². The minimum absolute atomic E-state index is 0.163. The van der Waals surface area contributed by atoms with Gasteiger partial charge in [-0.3, -0.25) is 14.6 Å². The summed E-state index contributed by atoms with van der Waals surface area (Å²) in [5.41, 5.74) is 1.84. The summed E-state index contributed by atoms with van der Waals surface area (Å²) in [5, 5.41) is 0. The van der Waals surface area contributed by atoms with Gasteiger partial charge in [-0.05, 0) is 62.9 Å². The molecule has 0 radical (unpaired) electrons. The second-order valence-electron chi connectivity index (χ2n) is 8.18. The second kappa shape index (κ2) is 7.93. The van der Waals surface area contributed by atoms with Crippen molar-refractivity contribution >= 4 is 11.8 Å². The van der Waals surface area contributed by atoms with Gasteiger partial charge in [0.25, 0.3) is 5.91 Å². The highest BCUT2D eigenvalue weighted by Crippen LogP contribution is 2.41. The lowest BCUT2D eigenvalue weighted by molar-refractivity contribution is -0.150. The summed E-state index contributed by atoms with van der Waals surface area (Å²) in [4.78, 5) is 34.2. The number of amides is 2. The van der Waals surface area contributed by atoms with E-state index in [-0.39, 0.29) is 17.2 Å². The molecular formula is C23H26FN3O2. The molecule has 4 rings (SSSR count). The van der Waals surface area contributed by atoms with Crippen molar-refractivity contribution in [2.75, 3.05) is 19.6 Å². The van der Waals surface area contributed by atoms with E-state index < -0.39 is 5.82 Å². The number of halogens is 1. The first kappa shape index (κ1) is 19.6. The fourth-order valence-corrected chi connectivity index (χ4v) is 4.59. The number of benzene rings is 1. The highest BCUT2D eigenvalue weighted by molar-refractivity contribution is 5.94. The number of hydrogen-bond acceptors (Lipinski definition) is 3. The van der Waals surface area contributed by atoms with Crippen LogP contribution in [-0.4, -0.2) is 46.2 Å². The summed E-state index contributed by atoms with van der Waals surface area (Å²) in [6.45, 7) is 4.29. The third kappa shape index (κ3) is 4.02. The Bertz CT molecular complexity index is 922. The molecule has 2 amide bonds. The predicted octanol–water partition coefficient (Wildman–Crippen LogP) is 3.57. The Morgan fingerprint density at radius 1 is 1.10 bits per heavy atom. The molecule has 0 atom stereocenters. The molecule has 0 bridgehead atoms. The summed E-state index contributed by atoms with van der Waals surface area (Å²) >= 11 is 0. The molecule has 2 fully saturated rings. The van der Waals surface area contributed by atoms with E-state index in [0.29, 0.717) is 38.0 Å². The number of carbonyl (C=O) groups is 2. The molecule has 2 saturated heterocycles. The Labute approximate surface area is 170 Å². The van der Waals surface area contributed by atoms with Crippen LogP contribution in [0.4, 0.5) is 4.39 Å². The minimum atomic E-state index is -0.410. The van der Waals surface area contributed by atoms with E-state index in [9.17, 15) is 14.0 Å². The van der Waals surface area contributed by atoms with Crippen LogP contribution in [-0.2, 0) is 11.3 Å². The van der Waals surface area contributed by atoms with E-state index in [4.69, 9.17) is 0 Å². The maximum Gasteiger partial charge on any atom is 0.253 e. The highest BCUT2D eigenvalue weighted by atomic mass is 19.1. The number of aromatic nitrogens is 1. The molecule has 3 heterocycles. The van der Waals surface area contributed by atoms with Crippen LogP contribution in [0.15, 0.2) is 42.5 Å². The summed E-state index contributed by atoms with van der Waals surface area (Å²) in [6.07, 6.45) is 3.15. The Balaban J connectivity index is 1.43. The molecule has 0 unspecified atom stereocenters. The number of rotatable bonds is 3. The van der Waals surface area contributed by atoms with Crippen LogP contribution in [0, 0.1) is 18.2 Å². The fourth-order valence-electron chi connectivity index (χ4n) is 4.59. The first-order valence-electron chi connectivity index (χ1n) is 10.2. The zero-order valence-corrected chi connectivity index (χ0v) is 16.7. The smallest absolute Gasteiger partial charge is 0.253 e. The molecule has 0 aliphatic carbocycles. The number of aryl methyl sites for hydroxylation is 1. The molecule has 0 saturated carbocycles. The SMILES string of the molecule is Cc1cccc(CN2CCCC3(CCN(C(=O)c4cccc(F)c4)CC3)C2=O)n1. The molecule has 6 heteroatoms. The van der Waals surface area contributed by atoms with Crippen LogP contribution in [0.3, 0.4) is 0 Å². The van der Waals surface area contributed by atoms with Crippen LogP contribution in [0.5, 0.6) is 0 Å². The number of piperidine rings is 2. The Kier molecular flexibility index (Phi) is 5.35. The zero-order chi connectivity index (χ0) is 20.4. The monoisotopic (exact) mass is 395 g/mol. The average Bonchev–Trinajstić information content (AvgIpc) is 2.72. The van der Waals surface area contributed by atoms with Gasteiger partial charge in [-0.2, -0.15) is 0 Å². The van der Waals surface area contributed by atoms with E-state index in [1.54, 1.807) is 17.0 Å². The van der Waals surface area contributed by atoms with Crippen molar-refractivity contribution in [3.05, 3.63) is 65.2 Å². The van der Waals surface area contributed by atoms with Crippen molar-refractivity contribution in [2.45, 2.75) is 39.2 Å². The third-order valence-corrected chi connectivity index (χ3v) is 6.20. The quantitative estimate of drug-likeness (QED) is 0.798. The summed E-state index contributed by atoms with van der Waals surface area (Å²) < 4.78 is 13.5. The van der Waals surface area contributed by atoms with Gasteiger partial charge in [0.15, 0.2) is 0 Å². The maximum absolute atomic E-state index is 13.5. The standard InChI is InChI=1S/C23H26FN3O2/c1-17-5-2-8-20(25-17)16-27-12-4-9-23(22(27)29)10-13-26(14-11-23)21(28)18-6-3-7-19(24)15-18/h2-3,5-8,15H,4,9-14,16H2,1H3. The van der Waals surface area contributed by atoms with E-state index in [1.807, 2.05) is 30.0 Å². The molecule has 152 valence electrons. The van der Waals surface area contributed by atoms with Gasteiger partial charge in [0, 0.05) is 30.9 Å². The Morgan fingerprint density at radius 3 is 2.59 bits per heavy atom. The van der Waals surface area contributed by atoms with E-state index in [1.165, 1.54) is 12.1 Å². The largest absolute Gasteiger partial charge is 0.339 e. The van der Waals surface area contributed by atoms with Crippen molar-refractivity contribution in [1.82, 2.24) is 14.8 Å². The molecule has 2 aliphatic heterocycles. The Morgan fingerprint density at radius 2 is 1.86 bits per heavy atom. The maximum atomic E-state index is 13.5. The molecule has 1 spiro atoms. The summed E-state index contributed by atoms with van der Waals surface area (Å²) in [7, 11) is 0. The fraction of sp³-hybridized carbons (Fsp3) is 0.435. The van der Waals surface area contributed by atoms with Crippen LogP contribution < -0.4 is 0 Å². The highest BCUT2D eigenvalue weighted by Gasteiger charge is 2.46. The second-order valence-corrected chi connectivity index (χ2v) is 8.18. The normalized spacial score (nSPS) is 18.9. The first-order chi connectivity index (χ1) is 14.0. The number of carbonyl (C=O) groups excluding carboxylic acids is 2. The van der Waals surface area contributed by atoms with Gasteiger partial charge >= 0.3 is 0 Å².